The molecule has 80 valence electrons. The lowest BCUT2D eigenvalue weighted by Gasteiger charge is -2.18. The average molecular weight is 202 g/mol. The number of allylic oxidation sites excluding steroid dienone is 1. The Morgan fingerprint density at radius 3 is 2.67 bits per heavy atom. The molecule has 0 saturated heterocycles. The molecule has 0 bridgehead atoms. The summed E-state index contributed by atoms with van der Waals surface area (Å²) in [6.07, 6.45) is 2.30. The molecule has 0 N–H and O–H groups in total. The summed E-state index contributed by atoms with van der Waals surface area (Å²) in [5, 5.41) is 0. The lowest BCUT2D eigenvalue weighted by atomic mass is 9.91. The predicted octanol–water partition coefficient (Wildman–Crippen LogP) is 3.82. The minimum atomic E-state index is 0.122. The summed E-state index contributed by atoms with van der Waals surface area (Å²) in [7, 11) is 0. The number of aryl methyl sites for hydroxylation is 1. The van der Waals surface area contributed by atoms with Crippen molar-refractivity contribution < 1.29 is 4.74 Å². The molecule has 1 heteroatoms. The van der Waals surface area contributed by atoms with Crippen LogP contribution in [0.5, 0.6) is 5.75 Å². The van der Waals surface area contributed by atoms with E-state index >= 15 is 0 Å². The Morgan fingerprint density at radius 1 is 1.20 bits per heavy atom. The van der Waals surface area contributed by atoms with Gasteiger partial charge in [-0.2, -0.15) is 0 Å². The van der Waals surface area contributed by atoms with Gasteiger partial charge in [0, 0.05) is 11.0 Å². The zero-order valence-corrected chi connectivity index (χ0v) is 9.92. The summed E-state index contributed by atoms with van der Waals surface area (Å²) in [5.74, 6) is 1.01. The van der Waals surface area contributed by atoms with Crippen LogP contribution in [0.15, 0.2) is 24.3 Å². The maximum atomic E-state index is 5.84. The Morgan fingerprint density at radius 2 is 1.93 bits per heavy atom. The van der Waals surface area contributed by atoms with Crippen molar-refractivity contribution in [2.45, 2.75) is 27.7 Å². The quantitative estimate of drug-likeness (QED) is 0.621. The fourth-order valence-electron chi connectivity index (χ4n) is 2.05. The molecule has 0 amide bonds. The van der Waals surface area contributed by atoms with Crippen LogP contribution in [0.25, 0.3) is 5.57 Å². The first-order valence-electron chi connectivity index (χ1n) is 5.41. The molecule has 0 aromatic heterocycles. The SMILES string of the molecule is CC1=CC(C)(C)COc2ccc(C)cc21. The molecule has 0 atom stereocenters. The number of hydrogen-bond acceptors (Lipinski definition) is 1. The zero-order chi connectivity index (χ0) is 11.1. The van der Waals surface area contributed by atoms with Crippen LogP contribution in [0.3, 0.4) is 0 Å². The van der Waals surface area contributed by atoms with Gasteiger partial charge in [0.15, 0.2) is 0 Å². The Balaban J connectivity index is 2.53. The highest BCUT2D eigenvalue weighted by molar-refractivity contribution is 5.70. The minimum absolute atomic E-state index is 0.122. The maximum Gasteiger partial charge on any atom is 0.126 e. The molecule has 0 radical (unpaired) electrons. The van der Waals surface area contributed by atoms with Crippen molar-refractivity contribution in [1.29, 1.82) is 0 Å². The van der Waals surface area contributed by atoms with Gasteiger partial charge >= 0.3 is 0 Å². The molecule has 0 saturated carbocycles. The van der Waals surface area contributed by atoms with Crippen LogP contribution in [0.4, 0.5) is 0 Å². The summed E-state index contributed by atoms with van der Waals surface area (Å²) >= 11 is 0. The summed E-state index contributed by atoms with van der Waals surface area (Å²) in [4.78, 5) is 0. The lowest BCUT2D eigenvalue weighted by Crippen LogP contribution is -2.17. The minimum Gasteiger partial charge on any atom is -0.492 e. The number of fused-ring (bicyclic) bond motifs is 1. The molecule has 0 spiro atoms. The summed E-state index contributed by atoms with van der Waals surface area (Å²) in [5.41, 5.74) is 3.96. The highest BCUT2D eigenvalue weighted by atomic mass is 16.5. The molecule has 1 aromatic rings. The summed E-state index contributed by atoms with van der Waals surface area (Å²) in [6.45, 7) is 9.43. The average Bonchev–Trinajstić information content (AvgIpc) is 2.24. The first kappa shape index (κ1) is 10.3. The Bertz CT molecular complexity index is 413. The molecular weight excluding hydrogens is 184 g/mol. The second kappa shape index (κ2) is 3.41. The van der Waals surface area contributed by atoms with Gasteiger partial charge < -0.3 is 4.74 Å². The van der Waals surface area contributed by atoms with E-state index in [2.05, 4.69) is 52.0 Å². The van der Waals surface area contributed by atoms with E-state index in [1.165, 1.54) is 16.7 Å². The second-order valence-electron chi connectivity index (χ2n) is 5.10. The van der Waals surface area contributed by atoms with Crippen molar-refractivity contribution in [3.63, 3.8) is 0 Å². The third kappa shape index (κ3) is 2.06. The molecule has 0 aliphatic carbocycles. The third-order valence-electron chi connectivity index (χ3n) is 2.77. The predicted molar refractivity (Wildman–Crippen MR) is 64.1 cm³/mol. The number of rotatable bonds is 0. The molecule has 2 rings (SSSR count). The molecule has 1 aliphatic rings. The van der Waals surface area contributed by atoms with E-state index in [-0.39, 0.29) is 5.41 Å². The van der Waals surface area contributed by atoms with Crippen molar-refractivity contribution in [2.75, 3.05) is 6.61 Å². The van der Waals surface area contributed by atoms with Gasteiger partial charge in [0.2, 0.25) is 0 Å². The smallest absolute Gasteiger partial charge is 0.126 e. The van der Waals surface area contributed by atoms with Gasteiger partial charge in [-0.1, -0.05) is 31.6 Å². The lowest BCUT2D eigenvalue weighted by molar-refractivity contribution is 0.225. The van der Waals surface area contributed by atoms with E-state index in [9.17, 15) is 0 Å². The Kier molecular flexibility index (Phi) is 2.34. The van der Waals surface area contributed by atoms with Crippen molar-refractivity contribution in [3.8, 4) is 5.75 Å². The Hall–Kier alpha value is -1.24. The largest absolute Gasteiger partial charge is 0.492 e. The topological polar surface area (TPSA) is 9.23 Å². The molecule has 0 unspecified atom stereocenters. The first-order valence-corrected chi connectivity index (χ1v) is 5.41. The highest BCUT2D eigenvalue weighted by Gasteiger charge is 2.21. The Labute approximate surface area is 91.8 Å². The van der Waals surface area contributed by atoms with Gasteiger partial charge in [0.25, 0.3) is 0 Å². The fourth-order valence-corrected chi connectivity index (χ4v) is 2.05. The van der Waals surface area contributed by atoms with E-state index in [1.807, 2.05) is 0 Å². The summed E-state index contributed by atoms with van der Waals surface area (Å²) < 4.78 is 5.84. The van der Waals surface area contributed by atoms with Gasteiger partial charge in [-0.05, 0) is 31.6 Å². The van der Waals surface area contributed by atoms with Crippen LogP contribution < -0.4 is 4.74 Å². The van der Waals surface area contributed by atoms with Crippen molar-refractivity contribution in [2.24, 2.45) is 5.41 Å². The summed E-state index contributed by atoms with van der Waals surface area (Å²) in [6, 6.07) is 6.37. The first-order chi connectivity index (χ1) is 6.98. The van der Waals surface area contributed by atoms with Crippen LogP contribution >= 0.6 is 0 Å². The number of benzene rings is 1. The van der Waals surface area contributed by atoms with Crippen molar-refractivity contribution >= 4 is 5.57 Å². The van der Waals surface area contributed by atoms with Gasteiger partial charge in [-0.25, -0.2) is 0 Å². The molecule has 0 fully saturated rings. The van der Waals surface area contributed by atoms with E-state index in [4.69, 9.17) is 4.74 Å². The van der Waals surface area contributed by atoms with Crippen molar-refractivity contribution in [1.82, 2.24) is 0 Å². The van der Waals surface area contributed by atoms with Crippen molar-refractivity contribution in [3.05, 3.63) is 35.4 Å². The van der Waals surface area contributed by atoms with Crippen LogP contribution in [0, 0.1) is 12.3 Å². The van der Waals surface area contributed by atoms with E-state index in [1.54, 1.807) is 0 Å². The molecule has 15 heavy (non-hydrogen) atoms. The van der Waals surface area contributed by atoms with Crippen LogP contribution in [0.1, 0.15) is 31.9 Å². The fraction of sp³-hybridized carbons (Fsp3) is 0.429. The van der Waals surface area contributed by atoms with Crippen LogP contribution in [0.2, 0.25) is 0 Å². The van der Waals surface area contributed by atoms with Gasteiger partial charge in [0.05, 0.1) is 6.61 Å². The molecule has 1 heterocycles. The van der Waals surface area contributed by atoms with Gasteiger partial charge in [-0.15, -0.1) is 0 Å². The second-order valence-corrected chi connectivity index (χ2v) is 5.10. The van der Waals surface area contributed by atoms with Crippen LogP contribution in [-0.4, -0.2) is 6.61 Å². The standard InChI is InChI=1S/C14H18O/c1-10-5-6-13-12(7-10)11(2)8-14(3,4)9-15-13/h5-8H,9H2,1-4H3. The van der Waals surface area contributed by atoms with Crippen LogP contribution in [-0.2, 0) is 0 Å². The zero-order valence-electron chi connectivity index (χ0n) is 9.92. The number of ether oxygens (including phenoxy) is 1. The van der Waals surface area contributed by atoms with E-state index in [0.29, 0.717) is 0 Å². The maximum absolute atomic E-state index is 5.84. The van der Waals surface area contributed by atoms with Gasteiger partial charge in [-0.3, -0.25) is 0 Å². The monoisotopic (exact) mass is 202 g/mol. The van der Waals surface area contributed by atoms with Gasteiger partial charge in [0.1, 0.15) is 5.75 Å². The van der Waals surface area contributed by atoms with E-state index in [0.717, 1.165) is 12.4 Å². The van der Waals surface area contributed by atoms with E-state index < -0.39 is 0 Å². The number of hydrogen-bond donors (Lipinski definition) is 0. The third-order valence-corrected chi connectivity index (χ3v) is 2.77. The normalized spacial score (nSPS) is 18.5. The molecule has 1 nitrogen and oxygen atoms in total. The highest BCUT2D eigenvalue weighted by Crippen LogP contribution is 2.35. The molecule has 1 aromatic carbocycles. The molecular formula is C14H18O. The molecule has 1 aliphatic heterocycles.